The summed E-state index contributed by atoms with van der Waals surface area (Å²) in [5.74, 6) is -0.517. The molecule has 122 valence electrons. The molecule has 0 atom stereocenters. The van der Waals surface area contributed by atoms with Crippen molar-refractivity contribution in [2.24, 2.45) is 0 Å². The molecule has 1 amide bonds. The molecular weight excluding hydrogens is 307 g/mol. The third-order valence-electron chi connectivity index (χ3n) is 3.74. The molecule has 24 heavy (non-hydrogen) atoms. The van der Waals surface area contributed by atoms with Crippen LogP contribution < -0.4 is 5.32 Å². The molecule has 0 aliphatic heterocycles. The number of benzene rings is 2. The van der Waals surface area contributed by atoms with Crippen molar-refractivity contribution in [1.82, 2.24) is 5.16 Å². The van der Waals surface area contributed by atoms with Crippen molar-refractivity contribution < 1.29 is 13.7 Å². The van der Waals surface area contributed by atoms with Crippen molar-refractivity contribution in [1.29, 1.82) is 0 Å². The van der Waals surface area contributed by atoms with Crippen LogP contribution in [0.3, 0.4) is 0 Å². The van der Waals surface area contributed by atoms with Crippen molar-refractivity contribution >= 4 is 11.8 Å². The van der Waals surface area contributed by atoms with Crippen LogP contribution in [-0.4, -0.2) is 11.1 Å². The Bertz CT molecular complexity index is 841. The minimum absolute atomic E-state index is 0.0616. The van der Waals surface area contributed by atoms with Crippen molar-refractivity contribution in [3.05, 3.63) is 71.5 Å². The van der Waals surface area contributed by atoms with Crippen LogP contribution in [0.25, 0.3) is 11.3 Å². The lowest BCUT2D eigenvalue weighted by Gasteiger charge is -2.02. The number of halogens is 1. The van der Waals surface area contributed by atoms with E-state index in [0.29, 0.717) is 11.3 Å². The zero-order chi connectivity index (χ0) is 16.9. The van der Waals surface area contributed by atoms with Gasteiger partial charge < -0.3 is 4.52 Å². The average Bonchev–Trinajstić information content (AvgIpc) is 3.05. The SMILES string of the molecule is CCc1ccc(-c2cc(NC(=O)Cc3ccccc3F)on2)cc1. The summed E-state index contributed by atoms with van der Waals surface area (Å²) in [6.45, 7) is 2.09. The van der Waals surface area contributed by atoms with Crippen molar-refractivity contribution in [2.45, 2.75) is 19.8 Å². The van der Waals surface area contributed by atoms with E-state index in [1.807, 2.05) is 24.3 Å². The first kappa shape index (κ1) is 15.9. The Balaban J connectivity index is 1.67. The standard InChI is InChI=1S/C19H17FN2O2/c1-2-13-7-9-14(10-8-13)17-12-19(24-22-17)21-18(23)11-15-5-3-4-6-16(15)20/h3-10,12H,2,11H2,1H3,(H,21,23). The first-order chi connectivity index (χ1) is 11.7. The molecule has 0 bridgehead atoms. The lowest BCUT2D eigenvalue weighted by atomic mass is 10.1. The highest BCUT2D eigenvalue weighted by molar-refractivity contribution is 5.91. The van der Waals surface area contributed by atoms with E-state index in [0.717, 1.165) is 12.0 Å². The van der Waals surface area contributed by atoms with Crippen LogP contribution in [0.4, 0.5) is 10.3 Å². The van der Waals surface area contributed by atoms with E-state index in [2.05, 4.69) is 17.4 Å². The summed E-state index contributed by atoms with van der Waals surface area (Å²) in [6.07, 6.45) is 0.907. The number of nitrogens with one attached hydrogen (secondary N) is 1. The van der Waals surface area contributed by atoms with Gasteiger partial charge in [-0.15, -0.1) is 0 Å². The van der Waals surface area contributed by atoms with E-state index >= 15 is 0 Å². The van der Waals surface area contributed by atoms with Crippen molar-refractivity contribution in [2.75, 3.05) is 5.32 Å². The number of anilines is 1. The molecule has 0 fully saturated rings. The van der Waals surface area contributed by atoms with Crippen LogP contribution in [0.1, 0.15) is 18.1 Å². The predicted octanol–water partition coefficient (Wildman–Crippen LogP) is 4.22. The van der Waals surface area contributed by atoms with Gasteiger partial charge in [0.1, 0.15) is 11.5 Å². The number of hydrogen-bond donors (Lipinski definition) is 1. The molecule has 0 saturated carbocycles. The molecule has 3 aromatic rings. The van der Waals surface area contributed by atoms with Gasteiger partial charge in [-0.25, -0.2) is 4.39 Å². The Morgan fingerprint density at radius 3 is 2.62 bits per heavy atom. The lowest BCUT2D eigenvalue weighted by Crippen LogP contribution is -2.14. The van der Waals surface area contributed by atoms with Gasteiger partial charge >= 0.3 is 0 Å². The number of nitrogens with zero attached hydrogens (tertiary/aromatic N) is 1. The number of hydrogen-bond acceptors (Lipinski definition) is 3. The lowest BCUT2D eigenvalue weighted by molar-refractivity contribution is -0.115. The first-order valence-corrected chi connectivity index (χ1v) is 7.75. The third kappa shape index (κ3) is 3.68. The first-order valence-electron chi connectivity index (χ1n) is 7.75. The summed E-state index contributed by atoms with van der Waals surface area (Å²) in [5.41, 5.74) is 3.12. The molecule has 1 heterocycles. The third-order valence-corrected chi connectivity index (χ3v) is 3.74. The van der Waals surface area contributed by atoms with E-state index in [4.69, 9.17) is 4.52 Å². The van der Waals surface area contributed by atoms with Gasteiger partial charge in [0, 0.05) is 11.6 Å². The smallest absolute Gasteiger partial charge is 0.231 e. The van der Waals surface area contributed by atoms with E-state index < -0.39 is 5.82 Å². The van der Waals surface area contributed by atoms with Crippen LogP contribution in [0, 0.1) is 5.82 Å². The Kier molecular flexibility index (Phi) is 4.70. The van der Waals surface area contributed by atoms with Gasteiger partial charge in [-0.2, -0.15) is 0 Å². The molecule has 0 saturated heterocycles. The Hall–Kier alpha value is -2.95. The van der Waals surface area contributed by atoms with E-state index in [9.17, 15) is 9.18 Å². The van der Waals surface area contributed by atoms with E-state index in [1.165, 1.54) is 11.6 Å². The van der Waals surface area contributed by atoms with E-state index in [1.54, 1.807) is 24.3 Å². The van der Waals surface area contributed by atoms with Crippen LogP contribution in [0.5, 0.6) is 0 Å². The van der Waals surface area contributed by atoms with Gasteiger partial charge in [-0.3, -0.25) is 10.1 Å². The van der Waals surface area contributed by atoms with Gasteiger partial charge in [0.05, 0.1) is 6.42 Å². The largest absolute Gasteiger partial charge is 0.338 e. The molecule has 0 aliphatic rings. The summed E-state index contributed by atoms with van der Waals surface area (Å²) in [5, 5.41) is 6.55. The highest BCUT2D eigenvalue weighted by Gasteiger charge is 2.12. The molecule has 0 radical (unpaired) electrons. The molecule has 1 aromatic heterocycles. The van der Waals surface area contributed by atoms with Gasteiger partial charge in [-0.05, 0) is 23.6 Å². The fourth-order valence-corrected chi connectivity index (χ4v) is 2.38. The van der Waals surface area contributed by atoms with Crippen molar-refractivity contribution in [3.63, 3.8) is 0 Å². The predicted molar refractivity (Wildman–Crippen MR) is 90.1 cm³/mol. The fraction of sp³-hybridized carbons (Fsp3) is 0.158. The summed E-state index contributed by atoms with van der Waals surface area (Å²) in [4.78, 5) is 12.0. The second-order valence-corrected chi connectivity index (χ2v) is 5.44. The normalized spacial score (nSPS) is 10.6. The summed E-state index contributed by atoms with van der Waals surface area (Å²) in [6, 6.07) is 15.8. The van der Waals surface area contributed by atoms with Crippen LogP contribution >= 0.6 is 0 Å². The number of rotatable bonds is 5. The minimum Gasteiger partial charge on any atom is -0.338 e. The monoisotopic (exact) mass is 324 g/mol. The number of carbonyl (C=O) groups excluding carboxylic acids is 1. The zero-order valence-electron chi connectivity index (χ0n) is 13.3. The van der Waals surface area contributed by atoms with E-state index in [-0.39, 0.29) is 18.2 Å². The fourth-order valence-electron chi connectivity index (χ4n) is 2.38. The minimum atomic E-state index is -0.401. The number of aryl methyl sites for hydroxylation is 1. The quantitative estimate of drug-likeness (QED) is 0.764. The Labute approximate surface area is 139 Å². The van der Waals surface area contributed by atoms with Crippen LogP contribution in [0.2, 0.25) is 0 Å². The van der Waals surface area contributed by atoms with Gasteiger partial charge in [0.2, 0.25) is 11.8 Å². The number of aromatic nitrogens is 1. The Morgan fingerprint density at radius 2 is 1.92 bits per heavy atom. The highest BCUT2D eigenvalue weighted by atomic mass is 19.1. The van der Waals surface area contributed by atoms with Crippen LogP contribution in [-0.2, 0) is 17.6 Å². The van der Waals surface area contributed by atoms with Gasteiger partial charge in [0.15, 0.2) is 0 Å². The molecular formula is C19H17FN2O2. The van der Waals surface area contributed by atoms with Gasteiger partial charge in [0.25, 0.3) is 0 Å². The summed E-state index contributed by atoms with van der Waals surface area (Å²) in [7, 11) is 0. The number of amides is 1. The topological polar surface area (TPSA) is 55.1 Å². The molecule has 0 unspecified atom stereocenters. The summed E-state index contributed by atoms with van der Waals surface area (Å²) < 4.78 is 18.7. The molecule has 0 aliphatic carbocycles. The molecule has 3 rings (SSSR count). The second kappa shape index (κ2) is 7.08. The summed E-state index contributed by atoms with van der Waals surface area (Å²) >= 11 is 0. The molecule has 5 heteroatoms. The maximum Gasteiger partial charge on any atom is 0.231 e. The maximum atomic E-state index is 13.6. The number of carbonyl (C=O) groups is 1. The Morgan fingerprint density at radius 1 is 1.17 bits per heavy atom. The second-order valence-electron chi connectivity index (χ2n) is 5.44. The average molecular weight is 324 g/mol. The maximum absolute atomic E-state index is 13.6. The molecule has 1 N–H and O–H groups in total. The van der Waals surface area contributed by atoms with Gasteiger partial charge in [-0.1, -0.05) is 54.5 Å². The highest BCUT2D eigenvalue weighted by Crippen LogP contribution is 2.22. The zero-order valence-corrected chi connectivity index (χ0v) is 13.3. The molecule has 0 spiro atoms. The molecule has 4 nitrogen and oxygen atoms in total. The van der Waals surface area contributed by atoms with Crippen molar-refractivity contribution in [3.8, 4) is 11.3 Å². The molecule has 2 aromatic carbocycles. The van der Waals surface area contributed by atoms with Crippen LogP contribution in [0.15, 0.2) is 59.1 Å².